The highest BCUT2D eigenvalue weighted by molar-refractivity contribution is 5.33. The molecule has 72 valence electrons. The van der Waals surface area contributed by atoms with E-state index in [-0.39, 0.29) is 5.54 Å². The van der Waals surface area contributed by atoms with Gasteiger partial charge in [-0.2, -0.15) is 4.98 Å². The van der Waals surface area contributed by atoms with Crippen molar-refractivity contribution in [1.82, 2.24) is 15.2 Å². The molecule has 0 bridgehead atoms. The number of aromatic nitrogens is 3. The molecule has 0 atom stereocenters. The molecular weight excluding hydrogens is 166 g/mol. The van der Waals surface area contributed by atoms with Gasteiger partial charge in [0.25, 0.3) is 0 Å². The molecule has 0 saturated heterocycles. The second-order valence-corrected chi connectivity index (χ2v) is 4.17. The monoisotopic (exact) mass is 181 g/mol. The Balaban J connectivity index is 2.04. The molecular formula is C8H15N5. The third kappa shape index (κ3) is 1.74. The molecule has 4 N–H and O–H groups in total. The van der Waals surface area contributed by atoms with Gasteiger partial charge in [0, 0.05) is 5.54 Å². The zero-order valence-corrected chi connectivity index (χ0v) is 7.96. The van der Waals surface area contributed by atoms with Gasteiger partial charge in [0.1, 0.15) is 0 Å². The fourth-order valence-electron chi connectivity index (χ4n) is 1.53. The molecule has 0 spiro atoms. The molecule has 1 aliphatic rings. The van der Waals surface area contributed by atoms with E-state index < -0.39 is 0 Å². The molecule has 0 radical (unpaired) electrons. The summed E-state index contributed by atoms with van der Waals surface area (Å²) in [5.41, 5.74) is 5.50. The lowest BCUT2D eigenvalue weighted by Crippen LogP contribution is -2.33. The number of H-pyrrole nitrogens is 1. The Labute approximate surface area is 77.1 Å². The van der Waals surface area contributed by atoms with Crippen LogP contribution in [-0.2, 0) is 0 Å². The van der Waals surface area contributed by atoms with Crippen molar-refractivity contribution in [2.24, 2.45) is 5.92 Å². The molecule has 1 saturated carbocycles. The third-order valence-electron chi connectivity index (χ3n) is 2.53. The highest BCUT2D eigenvalue weighted by atomic mass is 15.3. The van der Waals surface area contributed by atoms with E-state index in [9.17, 15) is 0 Å². The van der Waals surface area contributed by atoms with Crippen molar-refractivity contribution in [2.45, 2.75) is 32.2 Å². The number of rotatable bonds is 3. The van der Waals surface area contributed by atoms with Crippen LogP contribution in [0.25, 0.3) is 0 Å². The van der Waals surface area contributed by atoms with E-state index in [0.29, 0.717) is 11.9 Å². The van der Waals surface area contributed by atoms with E-state index in [0.717, 1.165) is 5.92 Å². The summed E-state index contributed by atoms with van der Waals surface area (Å²) >= 11 is 0. The summed E-state index contributed by atoms with van der Waals surface area (Å²) in [5.74, 6) is 1.69. The predicted molar refractivity (Wildman–Crippen MR) is 51.2 cm³/mol. The number of nitrogens with zero attached hydrogens (tertiary/aromatic N) is 2. The smallest absolute Gasteiger partial charge is 0.244 e. The quantitative estimate of drug-likeness (QED) is 0.649. The summed E-state index contributed by atoms with van der Waals surface area (Å²) in [6.07, 6.45) is 2.58. The van der Waals surface area contributed by atoms with Gasteiger partial charge in [-0.3, -0.25) is 0 Å². The van der Waals surface area contributed by atoms with Gasteiger partial charge in [-0.05, 0) is 32.6 Å². The number of hydrogen-bond donors (Lipinski definition) is 3. The normalized spacial score (nSPS) is 17.4. The van der Waals surface area contributed by atoms with Crippen LogP contribution in [0.2, 0.25) is 0 Å². The van der Waals surface area contributed by atoms with Crippen molar-refractivity contribution in [3.05, 3.63) is 0 Å². The Hall–Kier alpha value is -1.26. The second kappa shape index (κ2) is 2.61. The van der Waals surface area contributed by atoms with Crippen LogP contribution in [-0.4, -0.2) is 20.7 Å². The molecule has 0 aromatic carbocycles. The summed E-state index contributed by atoms with van der Waals surface area (Å²) in [4.78, 5) is 4.01. The average Bonchev–Trinajstić information content (AvgIpc) is 2.78. The van der Waals surface area contributed by atoms with Crippen molar-refractivity contribution in [3.8, 4) is 0 Å². The van der Waals surface area contributed by atoms with Crippen LogP contribution in [0, 0.1) is 5.92 Å². The molecule has 0 amide bonds. The molecule has 1 aromatic heterocycles. The van der Waals surface area contributed by atoms with Crippen molar-refractivity contribution in [2.75, 3.05) is 11.1 Å². The number of hydrogen-bond acceptors (Lipinski definition) is 4. The number of aromatic amines is 1. The van der Waals surface area contributed by atoms with Crippen molar-refractivity contribution < 1.29 is 0 Å². The molecule has 0 unspecified atom stereocenters. The lowest BCUT2D eigenvalue weighted by molar-refractivity contribution is 0.490. The van der Waals surface area contributed by atoms with Gasteiger partial charge >= 0.3 is 0 Å². The Morgan fingerprint density at radius 1 is 1.54 bits per heavy atom. The van der Waals surface area contributed by atoms with E-state index >= 15 is 0 Å². The van der Waals surface area contributed by atoms with Crippen LogP contribution in [0.15, 0.2) is 0 Å². The van der Waals surface area contributed by atoms with Gasteiger partial charge in [0.05, 0.1) is 0 Å². The minimum Gasteiger partial charge on any atom is -0.368 e. The highest BCUT2D eigenvalue weighted by Crippen LogP contribution is 2.40. The summed E-state index contributed by atoms with van der Waals surface area (Å²) in [6.45, 7) is 4.33. The first-order chi connectivity index (χ1) is 6.08. The maximum atomic E-state index is 5.42. The van der Waals surface area contributed by atoms with Gasteiger partial charge in [0.2, 0.25) is 11.9 Å². The van der Waals surface area contributed by atoms with Crippen LogP contribution in [0.1, 0.15) is 26.7 Å². The summed E-state index contributed by atoms with van der Waals surface area (Å²) in [6, 6.07) is 0. The Morgan fingerprint density at radius 3 is 2.69 bits per heavy atom. The molecule has 13 heavy (non-hydrogen) atoms. The highest BCUT2D eigenvalue weighted by Gasteiger charge is 2.38. The molecule has 1 aromatic rings. The van der Waals surface area contributed by atoms with E-state index in [1.807, 2.05) is 0 Å². The van der Waals surface area contributed by atoms with Gasteiger partial charge in [0.15, 0.2) is 0 Å². The second-order valence-electron chi connectivity index (χ2n) is 4.17. The van der Waals surface area contributed by atoms with E-state index in [4.69, 9.17) is 5.73 Å². The summed E-state index contributed by atoms with van der Waals surface area (Å²) < 4.78 is 0. The number of anilines is 2. The molecule has 1 aliphatic carbocycles. The largest absolute Gasteiger partial charge is 0.368 e. The maximum Gasteiger partial charge on any atom is 0.244 e. The number of nitrogens with two attached hydrogens (primary N) is 1. The first-order valence-electron chi connectivity index (χ1n) is 4.54. The van der Waals surface area contributed by atoms with E-state index in [1.165, 1.54) is 12.8 Å². The zero-order chi connectivity index (χ0) is 9.47. The van der Waals surface area contributed by atoms with Gasteiger partial charge in [-0.25, -0.2) is 5.10 Å². The standard InChI is InChI=1S/C8H15N5/c1-8(2,5-3-4-5)11-7-10-6(9)12-13-7/h5H,3-4H2,1-2H3,(H4,9,10,11,12,13). The molecule has 5 heteroatoms. The third-order valence-corrected chi connectivity index (χ3v) is 2.53. The van der Waals surface area contributed by atoms with Crippen LogP contribution in [0.4, 0.5) is 11.9 Å². The van der Waals surface area contributed by atoms with Crippen LogP contribution < -0.4 is 11.1 Å². The topological polar surface area (TPSA) is 79.6 Å². The van der Waals surface area contributed by atoms with Crippen LogP contribution >= 0.6 is 0 Å². The number of nitrogens with one attached hydrogen (secondary N) is 2. The molecule has 2 rings (SSSR count). The number of nitrogen functional groups attached to an aromatic ring is 1. The molecule has 0 aliphatic heterocycles. The van der Waals surface area contributed by atoms with Crippen molar-refractivity contribution >= 4 is 11.9 Å². The predicted octanol–water partition coefficient (Wildman–Crippen LogP) is 0.987. The molecule has 1 heterocycles. The minimum atomic E-state index is 0.0780. The van der Waals surface area contributed by atoms with Crippen molar-refractivity contribution in [3.63, 3.8) is 0 Å². The van der Waals surface area contributed by atoms with E-state index in [1.54, 1.807) is 0 Å². The van der Waals surface area contributed by atoms with Crippen LogP contribution in [0.3, 0.4) is 0 Å². The molecule has 5 nitrogen and oxygen atoms in total. The lowest BCUT2D eigenvalue weighted by Gasteiger charge is -2.24. The molecule has 1 fully saturated rings. The van der Waals surface area contributed by atoms with Gasteiger partial charge in [-0.1, -0.05) is 0 Å². The minimum absolute atomic E-state index is 0.0780. The maximum absolute atomic E-state index is 5.42. The first kappa shape index (κ1) is 8.34. The van der Waals surface area contributed by atoms with Gasteiger partial charge in [-0.15, -0.1) is 5.10 Å². The SMILES string of the molecule is CC(C)(Nc1n[nH]c(N)n1)C1CC1. The fourth-order valence-corrected chi connectivity index (χ4v) is 1.53. The van der Waals surface area contributed by atoms with Crippen molar-refractivity contribution in [1.29, 1.82) is 0 Å². The lowest BCUT2D eigenvalue weighted by atomic mass is 9.99. The Kier molecular flexibility index (Phi) is 1.68. The van der Waals surface area contributed by atoms with Gasteiger partial charge < -0.3 is 11.1 Å². The summed E-state index contributed by atoms with van der Waals surface area (Å²) in [5, 5.41) is 9.81. The summed E-state index contributed by atoms with van der Waals surface area (Å²) in [7, 11) is 0. The van der Waals surface area contributed by atoms with Crippen LogP contribution in [0.5, 0.6) is 0 Å². The Morgan fingerprint density at radius 2 is 2.23 bits per heavy atom. The average molecular weight is 181 g/mol. The first-order valence-corrected chi connectivity index (χ1v) is 4.54. The Bertz CT molecular complexity index is 299. The fraction of sp³-hybridized carbons (Fsp3) is 0.750. The zero-order valence-electron chi connectivity index (χ0n) is 7.96. The van der Waals surface area contributed by atoms with E-state index in [2.05, 4.69) is 34.3 Å².